The van der Waals surface area contributed by atoms with E-state index in [2.05, 4.69) is 38.0 Å². The molecule has 0 atom stereocenters. The predicted octanol–water partition coefficient (Wildman–Crippen LogP) is 3.84. The highest BCUT2D eigenvalue weighted by Crippen LogP contribution is 2.20. The Bertz CT molecular complexity index is 732. The van der Waals surface area contributed by atoms with Gasteiger partial charge in [-0.05, 0) is 50.2 Å². The van der Waals surface area contributed by atoms with Gasteiger partial charge in [-0.2, -0.15) is 10.1 Å². The quantitative estimate of drug-likeness (QED) is 0.668. The molecule has 0 bridgehead atoms. The highest BCUT2D eigenvalue weighted by Gasteiger charge is 2.05. The average Bonchev–Trinajstić information content (AvgIpc) is 2.69. The molecule has 0 fully saturated rings. The molecule has 3 rings (SSSR count). The molecule has 0 radical (unpaired) electrons. The molecule has 1 aromatic heterocycles. The number of rotatable bonds is 9. The van der Waals surface area contributed by atoms with Crippen molar-refractivity contribution in [3.05, 3.63) is 47.7 Å². The second-order valence-corrected chi connectivity index (χ2v) is 6.44. The van der Waals surface area contributed by atoms with Crippen molar-refractivity contribution in [1.29, 1.82) is 0 Å². The molecule has 0 spiro atoms. The highest BCUT2D eigenvalue weighted by molar-refractivity contribution is 5.38. The van der Waals surface area contributed by atoms with Gasteiger partial charge in [0.15, 0.2) is 5.82 Å². The summed E-state index contributed by atoms with van der Waals surface area (Å²) in [5, 5.41) is 14.7. The topological polar surface area (TPSA) is 72.0 Å². The Kier molecular flexibility index (Phi) is 6.81. The molecular weight excluding hydrogens is 326 g/mol. The molecule has 26 heavy (non-hydrogen) atoms. The summed E-state index contributed by atoms with van der Waals surface area (Å²) in [6.45, 7) is 1.60. The molecular formula is C20H27N5O. The zero-order valence-corrected chi connectivity index (χ0v) is 15.4. The fourth-order valence-corrected chi connectivity index (χ4v) is 3.16. The van der Waals surface area contributed by atoms with E-state index in [1.54, 1.807) is 18.9 Å². The molecule has 0 aliphatic heterocycles. The van der Waals surface area contributed by atoms with E-state index in [4.69, 9.17) is 4.74 Å². The van der Waals surface area contributed by atoms with Gasteiger partial charge in [0.25, 0.3) is 0 Å². The molecule has 1 heterocycles. The lowest BCUT2D eigenvalue weighted by Crippen LogP contribution is -2.11. The first-order valence-corrected chi connectivity index (χ1v) is 9.32. The first-order chi connectivity index (χ1) is 12.8. The Labute approximate surface area is 155 Å². The van der Waals surface area contributed by atoms with E-state index in [-0.39, 0.29) is 0 Å². The van der Waals surface area contributed by atoms with Crippen molar-refractivity contribution >= 4 is 11.8 Å². The minimum Gasteiger partial charge on any atom is -0.496 e. The van der Waals surface area contributed by atoms with Gasteiger partial charge in [0.2, 0.25) is 5.95 Å². The van der Waals surface area contributed by atoms with Gasteiger partial charge in [-0.3, -0.25) is 0 Å². The number of nitrogens with one attached hydrogen (secondary N) is 2. The molecule has 6 heteroatoms. The molecule has 6 nitrogen and oxygen atoms in total. The van der Waals surface area contributed by atoms with E-state index in [0.717, 1.165) is 37.5 Å². The Morgan fingerprint density at radius 1 is 1.08 bits per heavy atom. The lowest BCUT2D eigenvalue weighted by atomic mass is 9.97. The molecule has 138 valence electrons. The van der Waals surface area contributed by atoms with Gasteiger partial charge in [0.1, 0.15) is 5.75 Å². The smallest absolute Gasteiger partial charge is 0.244 e. The fraction of sp³-hybridized carbons (Fsp3) is 0.450. The van der Waals surface area contributed by atoms with Crippen LogP contribution in [-0.4, -0.2) is 35.4 Å². The third-order valence-corrected chi connectivity index (χ3v) is 4.57. The highest BCUT2D eigenvalue weighted by atomic mass is 16.5. The maximum atomic E-state index is 5.38. The second-order valence-electron chi connectivity index (χ2n) is 6.44. The first-order valence-electron chi connectivity index (χ1n) is 9.32. The van der Waals surface area contributed by atoms with Gasteiger partial charge in [-0.25, -0.2) is 0 Å². The van der Waals surface area contributed by atoms with Crippen LogP contribution in [0.4, 0.5) is 11.8 Å². The van der Waals surface area contributed by atoms with Crippen molar-refractivity contribution in [2.24, 2.45) is 0 Å². The number of para-hydroxylation sites is 1. The number of hydrogen-bond donors (Lipinski definition) is 2. The van der Waals surface area contributed by atoms with Crippen molar-refractivity contribution in [2.45, 2.75) is 38.5 Å². The number of nitrogens with zero attached hydrogens (tertiary/aromatic N) is 3. The van der Waals surface area contributed by atoms with Crippen molar-refractivity contribution in [2.75, 3.05) is 30.8 Å². The van der Waals surface area contributed by atoms with Crippen LogP contribution >= 0.6 is 0 Å². The summed E-state index contributed by atoms with van der Waals surface area (Å²) in [5.74, 6) is 2.22. The standard InChI is InChI=1S/C20H27N5O/c1-26-18-10-6-5-9-17(18)12-14-21-19-15-23-25-20(24-19)22-13-11-16-7-3-2-4-8-16/h5-7,9-10,15H,2-4,8,11-14H2,1H3,(H2,21,22,24,25). The molecule has 0 saturated carbocycles. The summed E-state index contributed by atoms with van der Waals surface area (Å²) in [6, 6.07) is 8.05. The van der Waals surface area contributed by atoms with Crippen molar-refractivity contribution < 1.29 is 4.74 Å². The van der Waals surface area contributed by atoms with Crippen LogP contribution in [0.25, 0.3) is 0 Å². The van der Waals surface area contributed by atoms with Gasteiger partial charge in [-0.15, -0.1) is 5.10 Å². The van der Waals surface area contributed by atoms with Crippen LogP contribution in [0.3, 0.4) is 0 Å². The van der Waals surface area contributed by atoms with Crippen molar-refractivity contribution in [1.82, 2.24) is 15.2 Å². The number of aromatic nitrogens is 3. The van der Waals surface area contributed by atoms with E-state index >= 15 is 0 Å². The van der Waals surface area contributed by atoms with Crippen LogP contribution < -0.4 is 15.4 Å². The summed E-state index contributed by atoms with van der Waals surface area (Å²) in [6.07, 6.45) is 11.0. The minimum atomic E-state index is 0.573. The number of allylic oxidation sites excluding steroid dienone is 1. The summed E-state index contributed by atoms with van der Waals surface area (Å²) >= 11 is 0. The van der Waals surface area contributed by atoms with Gasteiger partial charge < -0.3 is 15.4 Å². The summed E-state index contributed by atoms with van der Waals surface area (Å²) in [5.41, 5.74) is 2.71. The molecule has 1 aliphatic rings. The monoisotopic (exact) mass is 353 g/mol. The molecule has 2 N–H and O–H groups in total. The maximum Gasteiger partial charge on any atom is 0.244 e. The van der Waals surface area contributed by atoms with Crippen LogP contribution in [0.5, 0.6) is 5.75 Å². The van der Waals surface area contributed by atoms with Crippen molar-refractivity contribution in [3.63, 3.8) is 0 Å². The Hall–Kier alpha value is -2.63. The number of hydrogen-bond acceptors (Lipinski definition) is 6. The van der Waals surface area contributed by atoms with E-state index in [0.29, 0.717) is 5.95 Å². The molecule has 0 amide bonds. The number of methoxy groups -OCH3 is 1. The molecule has 0 saturated heterocycles. The van der Waals surface area contributed by atoms with Crippen molar-refractivity contribution in [3.8, 4) is 5.75 Å². The molecule has 0 unspecified atom stereocenters. The number of benzene rings is 1. The molecule has 1 aromatic carbocycles. The normalized spacial score (nSPS) is 13.8. The predicted molar refractivity (Wildman–Crippen MR) is 105 cm³/mol. The Morgan fingerprint density at radius 2 is 1.96 bits per heavy atom. The van der Waals surface area contributed by atoms with Crippen LogP contribution in [0.2, 0.25) is 0 Å². The first kappa shape index (κ1) is 18.2. The van der Waals surface area contributed by atoms with Gasteiger partial charge in [-0.1, -0.05) is 29.8 Å². The average molecular weight is 353 g/mol. The van der Waals surface area contributed by atoms with Gasteiger partial charge >= 0.3 is 0 Å². The number of ether oxygens (including phenoxy) is 1. The Balaban J connectivity index is 1.45. The van der Waals surface area contributed by atoms with E-state index in [9.17, 15) is 0 Å². The third kappa shape index (κ3) is 5.44. The van der Waals surface area contributed by atoms with Crippen LogP contribution in [0, 0.1) is 0 Å². The van der Waals surface area contributed by atoms with Gasteiger partial charge in [0, 0.05) is 13.1 Å². The minimum absolute atomic E-state index is 0.573. The second kappa shape index (κ2) is 9.75. The lowest BCUT2D eigenvalue weighted by molar-refractivity contribution is 0.410. The SMILES string of the molecule is COc1ccccc1CCNc1cnnc(NCCC2=CCCCC2)n1. The largest absolute Gasteiger partial charge is 0.496 e. The zero-order chi connectivity index (χ0) is 18.0. The molecule has 1 aliphatic carbocycles. The summed E-state index contributed by atoms with van der Waals surface area (Å²) in [4.78, 5) is 4.48. The van der Waals surface area contributed by atoms with Crippen LogP contribution in [-0.2, 0) is 6.42 Å². The summed E-state index contributed by atoms with van der Waals surface area (Å²) in [7, 11) is 1.70. The van der Waals surface area contributed by atoms with E-state index in [1.807, 2.05) is 18.2 Å². The third-order valence-electron chi connectivity index (χ3n) is 4.57. The molecule has 2 aromatic rings. The van der Waals surface area contributed by atoms with E-state index in [1.165, 1.54) is 31.2 Å². The lowest BCUT2D eigenvalue weighted by Gasteiger charge is -2.13. The number of anilines is 2. The maximum absolute atomic E-state index is 5.38. The van der Waals surface area contributed by atoms with Crippen LogP contribution in [0.1, 0.15) is 37.7 Å². The summed E-state index contributed by atoms with van der Waals surface area (Å²) < 4.78 is 5.38. The Morgan fingerprint density at radius 3 is 2.81 bits per heavy atom. The zero-order valence-electron chi connectivity index (χ0n) is 15.4. The van der Waals surface area contributed by atoms with Crippen LogP contribution in [0.15, 0.2) is 42.1 Å². The van der Waals surface area contributed by atoms with E-state index < -0.39 is 0 Å². The van der Waals surface area contributed by atoms with Gasteiger partial charge in [0.05, 0.1) is 13.3 Å². The fourth-order valence-electron chi connectivity index (χ4n) is 3.16.